The molecule has 0 bridgehead atoms. The standard InChI is InChI=1S/C11H14N4/c1-8-4-3-5-13-11(8)15-9(2)10(6-12)7-14-15/h3-5,7H,6,12H2,1-2H3. The van der Waals surface area contributed by atoms with E-state index in [4.69, 9.17) is 5.73 Å². The van der Waals surface area contributed by atoms with E-state index in [1.165, 1.54) is 0 Å². The van der Waals surface area contributed by atoms with Gasteiger partial charge in [0.05, 0.1) is 6.20 Å². The number of aromatic nitrogens is 3. The minimum absolute atomic E-state index is 0.512. The summed E-state index contributed by atoms with van der Waals surface area (Å²) in [6.45, 7) is 4.53. The average molecular weight is 202 g/mol. The molecule has 0 aliphatic carbocycles. The molecule has 0 aliphatic heterocycles. The molecule has 0 radical (unpaired) electrons. The third-order valence-electron chi connectivity index (χ3n) is 2.51. The van der Waals surface area contributed by atoms with E-state index < -0.39 is 0 Å². The Morgan fingerprint density at radius 1 is 1.40 bits per heavy atom. The topological polar surface area (TPSA) is 56.7 Å². The van der Waals surface area contributed by atoms with Crippen LogP contribution in [-0.2, 0) is 6.54 Å². The van der Waals surface area contributed by atoms with Gasteiger partial charge in [0.2, 0.25) is 0 Å². The maximum atomic E-state index is 5.61. The van der Waals surface area contributed by atoms with Crippen LogP contribution in [0.2, 0.25) is 0 Å². The predicted octanol–water partition coefficient (Wildman–Crippen LogP) is 1.34. The van der Waals surface area contributed by atoms with Crippen molar-refractivity contribution >= 4 is 0 Å². The smallest absolute Gasteiger partial charge is 0.156 e. The summed E-state index contributed by atoms with van der Waals surface area (Å²) in [7, 11) is 0. The lowest BCUT2D eigenvalue weighted by atomic mass is 10.2. The molecule has 0 atom stereocenters. The molecule has 2 rings (SSSR count). The summed E-state index contributed by atoms with van der Waals surface area (Å²) in [5.74, 6) is 0.870. The Kier molecular flexibility index (Phi) is 2.51. The van der Waals surface area contributed by atoms with Gasteiger partial charge in [-0.2, -0.15) is 5.10 Å². The van der Waals surface area contributed by atoms with Gasteiger partial charge in [0.1, 0.15) is 0 Å². The van der Waals surface area contributed by atoms with E-state index >= 15 is 0 Å². The van der Waals surface area contributed by atoms with Crippen LogP contribution in [0.5, 0.6) is 0 Å². The number of hydrogen-bond acceptors (Lipinski definition) is 3. The highest BCUT2D eigenvalue weighted by atomic mass is 15.3. The molecule has 2 aromatic heterocycles. The molecule has 2 aromatic rings. The Balaban J connectivity index is 2.55. The molecular weight excluding hydrogens is 188 g/mol. The molecular formula is C11H14N4. The fourth-order valence-corrected chi connectivity index (χ4v) is 1.56. The van der Waals surface area contributed by atoms with Crippen molar-refractivity contribution in [2.45, 2.75) is 20.4 Å². The molecule has 15 heavy (non-hydrogen) atoms. The molecule has 0 aromatic carbocycles. The van der Waals surface area contributed by atoms with Gasteiger partial charge in [0.15, 0.2) is 5.82 Å². The van der Waals surface area contributed by atoms with Gasteiger partial charge in [-0.15, -0.1) is 0 Å². The normalized spacial score (nSPS) is 10.6. The maximum Gasteiger partial charge on any atom is 0.156 e. The van der Waals surface area contributed by atoms with Gasteiger partial charge in [-0.1, -0.05) is 6.07 Å². The Labute approximate surface area is 88.8 Å². The lowest BCUT2D eigenvalue weighted by molar-refractivity contribution is 0.806. The van der Waals surface area contributed by atoms with Crippen molar-refractivity contribution in [3.8, 4) is 5.82 Å². The fraction of sp³-hybridized carbons (Fsp3) is 0.273. The molecule has 78 valence electrons. The van der Waals surface area contributed by atoms with E-state index in [9.17, 15) is 0 Å². The van der Waals surface area contributed by atoms with Crippen LogP contribution in [-0.4, -0.2) is 14.8 Å². The third-order valence-corrected chi connectivity index (χ3v) is 2.51. The average Bonchev–Trinajstić information content (AvgIpc) is 2.60. The highest BCUT2D eigenvalue weighted by molar-refractivity contribution is 5.34. The van der Waals surface area contributed by atoms with Gasteiger partial charge in [-0.05, 0) is 25.5 Å². The van der Waals surface area contributed by atoms with Gasteiger partial charge in [-0.3, -0.25) is 0 Å². The summed E-state index contributed by atoms with van der Waals surface area (Å²) in [4.78, 5) is 4.32. The van der Waals surface area contributed by atoms with Crippen molar-refractivity contribution in [1.82, 2.24) is 14.8 Å². The van der Waals surface area contributed by atoms with Crippen molar-refractivity contribution in [1.29, 1.82) is 0 Å². The van der Waals surface area contributed by atoms with Crippen LogP contribution in [0.1, 0.15) is 16.8 Å². The quantitative estimate of drug-likeness (QED) is 0.799. The van der Waals surface area contributed by atoms with Gasteiger partial charge < -0.3 is 5.73 Å². The molecule has 0 fully saturated rings. The molecule has 0 saturated heterocycles. The Morgan fingerprint density at radius 3 is 2.80 bits per heavy atom. The van der Waals surface area contributed by atoms with Crippen LogP contribution in [0, 0.1) is 13.8 Å². The summed E-state index contributed by atoms with van der Waals surface area (Å²) in [5, 5.41) is 4.29. The van der Waals surface area contributed by atoms with Crippen molar-refractivity contribution in [3.05, 3.63) is 41.3 Å². The largest absolute Gasteiger partial charge is 0.326 e. The molecule has 4 nitrogen and oxygen atoms in total. The van der Waals surface area contributed by atoms with E-state index in [-0.39, 0.29) is 0 Å². The van der Waals surface area contributed by atoms with E-state index in [0.717, 1.165) is 22.6 Å². The second kappa shape index (κ2) is 3.82. The van der Waals surface area contributed by atoms with E-state index in [0.29, 0.717) is 6.54 Å². The third kappa shape index (κ3) is 1.64. The summed E-state index contributed by atoms with van der Waals surface area (Å²) in [6.07, 6.45) is 3.56. The lowest BCUT2D eigenvalue weighted by Crippen LogP contribution is -2.05. The zero-order valence-corrected chi connectivity index (χ0v) is 8.94. The minimum Gasteiger partial charge on any atom is -0.326 e. The van der Waals surface area contributed by atoms with Gasteiger partial charge in [-0.25, -0.2) is 9.67 Å². The predicted molar refractivity (Wildman–Crippen MR) is 58.7 cm³/mol. The van der Waals surface area contributed by atoms with Crippen LogP contribution in [0.4, 0.5) is 0 Å². The number of aryl methyl sites for hydroxylation is 1. The van der Waals surface area contributed by atoms with Crippen LogP contribution in [0.15, 0.2) is 24.5 Å². The van der Waals surface area contributed by atoms with Gasteiger partial charge in [0, 0.05) is 24.0 Å². The first-order valence-electron chi connectivity index (χ1n) is 4.89. The summed E-state index contributed by atoms with van der Waals surface area (Å²) < 4.78 is 1.83. The highest BCUT2D eigenvalue weighted by Crippen LogP contribution is 2.14. The second-order valence-corrected chi connectivity index (χ2v) is 3.52. The zero-order valence-electron chi connectivity index (χ0n) is 8.94. The van der Waals surface area contributed by atoms with Crippen molar-refractivity contribution in [2.75, 3.05) is 0 Å². The highest BCUT2D eigenvalue weighted by Gasteiger charge is 2.08. The number of hydrogen-bond donors (Lipinski definition) is 1. The monoisotopic (exact) mass is 202 g/mol. The fourth-order valence-electron chi connectivity index (χ4n) is 1.56. The van der Waals surface area contributed by atoms with Crippen LogP contribution in [0.25, 0.3) is 5.82 Å². The first-order valence-corrected chi connectivity index (χ1v) is 4.89. The van der Waals surface area contributed by atoms with Crippen LogP contribution >= 0.6 is 0 Å². The Hall–Kier alpha value is -1.68. The SMILES string of the molecule is Cc1cccnc1-n1ncc(CN)c1C. The first kappa shape index (κ1) is 9.86. The van der Waals surface area contributed by atoms with E-state index in [2.05, 4.69) is 10.1 Å². The summed E-state index contributed by atoms with van der Waals surface area (Å²) in [5.41, 5.74) is 8.82. The molecule has 2 heterocycles. The Bertz CT molecular complexity index is 473. The number of nitrogens with zero attached hydrogens (tertiary/aromatic N) is 3. The molecule has 2 N–H and O–H groups in total. The maximum absolute atomic E-state index is 5.61. The van der Waals surface area contributed by atoms with Crippen molar-refractivity contribution in [3.63, 3.8) is 0 Å². The molecule has 0 unspecified atom stereocenters. The number of nitrogens with two attached hydrogens (primary N) is 1. The minimum atomic E-state index is 0.512. The zero-order chi connectivity index (χ0) is 10.8. The van der Waals surface area contributed by atoms with E-state index in [1.807, 2.05) is 30.7 Å². The van der Waals surface area contributed by atoms with E-state index in [1.54, 1.807) is 12.4 Å². The molecule has 0 spiro atoms. The van der Waals surface area contributed by atoms with Gasteiger partial charge >= 0.3 is 0 Å². The second-order valence-electron chi connectivity index (χ2n) is 3.52. The van der Waals surface area contributed by atoms with Crippen molar-refractivity contribution < 1.29 is 0 Å². The molecule has 0 aliphatic rings. The van der Waals surface area contributed by atoms with Crippen molar-refractivity contribution in [2.24, 2.45) is 5.73 Å². The number of pyridine rings is 1. The van der Waals surface area contributed by atoms with Crippen LogP contribution in [0.3, 0.4) is 0 Å². The first-order chi connectivity index (χ1) is 7.24. The summed E-state index contributed by atoms with van der Waals surface area (Å²) >= 11 is 0. The van der Waals surface area contributed by atoms with Crippen LogP contribution < -0.4 is 5.73 Å². The molecule has 4 heteroatoms. The van der Waals surface area contributed by atoms with Gasteiger partial charge in [0.25, 0.3) is 0 Å². The number of rotatable bonds is 2. The summed E-state index contributed by atoms with van der Waals surface area (Å²) in [6, 6.07) is 3.94. The molecule has 0 saturated carbocycles. The lowest BCUT2D eigenvalue weighted by Gasteiger charge is -2.06. The Morgan fingerprint density at radius 2 is 2.20 bits per heavy atom. The molecule has 0 amide bonds.